The summed E-state index contributed by atoms with van der Waals surface area (Å²) in [5.41, 5.74) is 3.80. The molecule has 0 bridgehead atoms. The van der Waals surface area contributed by atoms with Gasteiger partial charge in [-0.2, -0.15) is 0 Å². The highest BCUT2D eigenvalue weighted by Gasteiger charge is 2.11. The molecule has 0 radical (unpaired) electrons. The Labute approximate surface area is 131 Å². The normalized spacial score (nSPS) is 10.6. The summed E-state index contributed by atoms with van der Waals surface area (Å²) < 4.78 is 2.08. The Morgan fingerprint density at radius 1 is 0.955 bits per heavy atom. The van der Waals surface area contributed by atoms with Crippen LogP contribution < -0.4 is 4.90 Å². The molecular formula is C19H21N3. The van der Waals surface area contributed by atoms with Crippen molar-refractivity contribution in [3.05, 3.63) is 83.9 Å². The lowest BCUT2D eigenvalue weighted by atomic mass is 10.1. The highest BCUT2D eigenvalue weighted by molar-refractivity contribution is 5.48. The van der Waals surface area contributed by atoms with Crippen molar-refractivity contribution in [3.8, 4) is 0 Å². The SMILES string of the molecule is Cc1ccc(N(Cc2ccccc2)Cc2nccn2C)cc1. The van der Waals surface area contributed by atoms with E-state index in [0.717, 1.165) is 18.9 Å². The zero-order chi connectivity index (χ0) is 15.4. The van der Waals surface area contributed by atoms with E-state index in [1.807, 2.05) is 19.4 Å². The molecule has 0 aliphatic heterocycles. The molecule has 0 saturated heterocycles. The first-order chi connectivity index (χ1) is 10.7. The molecule has 0 spiro atoms. The molecule has 1 aromatic heterocycles. The molecule has 0 N–H and O–H groups in total. The second-order valence-corrected chi connectivity index (χ2v) is 5.63. The fourth-order valence-electron chi connectivity index (χ4n) is 2.52. The van der Waals surface area contributed by atoms with Gasteiger partial charge in [-0.1, -0.05) is 48.0 Å². The molecule has 3 heteroatoms. The van der Waals surface area contributed by atoms with Crippen LogP contribution in [0.5, 0.6) is 0 Å². The first-order valence-electron chi connectivity index (χ1n) is 7.54. The van der Waals surface area contributed by atoms with Gasteiger partial charge in [-0.25, -0.2) is 4.98 Å². The summed E-state index contributed by atoms with van der Waals surface area (Å²) in [6.07, 6.45) is 3.84. The summed E-state index contributed by atoms with van der Waals surface area (Å²) in [4.78, 5) is 6.82. The number of benzene rings is 2. The molecule has 1 heterocycles. The molecule has 0 fully saturated rings. The Morgan fingerprint density at radius 3 is 2.32 bits per heavy atom. The van der Waals surface area contributed by atoms with Crippen LogP contribution in [0.15, 0.2) is 67.0 Å². The van der Waals surface area contributed by atoms with E-state index in [0.29, 0.717) is 0 Å². The number of rotatable bonds is 5. The van der Waals surface area contributed by atoms with Gasteiger partial charge in [-0.15, -0.1) is 0 Å². The summed E-state index contributed by atoms with van der Waals surface area (Å²) >= 11 is 0. The van der Waals surface area contributed by atoms with E-state index in [-0.39, 0.29) is 0 Å². The van der Waals surface area contributed by atoms with Crippen LogP contribution in [-0.2, 0) is 20.1 Å². The zero-order valence-electron chi connectivity index (χ0n) is 13.1. The minimum atomic E-state index is 0.793. The van der Waals surface area contributed by atoms with Gasteiger partial charge in [0.1, 0.15) is 5.82 Å². The number of imidazole rings is 1. The largest absolute Gasteiger partial charge is 0.360 e. The lowest BCUT2D eigenvalue weighted by molar-refractivity contribution is 0.715. The summed E-state index contributed by atoms with van der Waals surface area (Å²) in [6.45, 7) is 3.78. The number of hydrogen-bond acceptors (Lipinski definition) is 2. The van der Waals surface area contributed by atoms with Crippen molar-refractivity contribution in [1.82, 2.24) is 9.55 Å². The number of nitrogens with zero attached hydrogens (tertiary/aromatic N) is 3. The number of aryl methyl sites for hydroxylation is 2. The van der Waals surface area contributed by atoms with E-state index in [1.54, 1.807) is 0 Å². The highest BCUT2D eigenvalue weighted by Crippen LogP contribution is 2.20. The lowest BCUT2D eigenvalue weighted by Crippen LogP contribution is -2.23. The Morgan fingerprint density at radius 2 is 1.68 bits per heavy atom. The minimum Gasteiger partial charge on any atom is -0.360 e. The van der Waals surface area contributed by atoms with Gasteiger partial charge in [-0.05, 0) is 24.6 Å². The van der Waals surface area contributed by atoms with E-state index >= 15 is 0 Å². The van der Waals surface area contributed by atoms with Crippen LogP contribution in [-0.4, -0.2) is 9.55 Å². The summed E-state index contributed by atoms with van der Waals surface area (Å²) in [5.74, 6) is 1.07. The average molecular weight is 291 g/mol. The molecule has 3 aromatic rings. The number of anilines is 1. The van der Waals surface area contributed by atoms with Crippen molar-refractivity contribution in [2.75, 3.05) is 4.90 Å². The Bertz CT molecular complexity index is 714. The summed E-state index contributed by atoms with van der Waals surface area (Å²) in [7, 11) is 2.04. The van der Waals surface area contributed by atoms with Crippen molar-refractivity contribution < 1.29 is 0 Å². The first kappa shape index (κ1) is 14.4. The van der Waals surface area contributed by atoms with Gasteiger partial charge in [0.15, 0.2) is 0 Å². The molecule has 3 rings (SSSR count). The van der Waals surface area contributed by atoms with Crippen LogP contribution in [0.2, 0.25) is 0 Å². The van der Waals surface area contributed by atoms with Crippen LogP contribution in [0.4, 0.5) is 5.69 Å². The van der Waals surface area contributed by atoms with E-state index in [4.69, 9.17) is 0 Å². The third-order valence-electron chi connectivity index (χ3n) is 3.87. The van der Waals surface area contributed by atoms with Gasteiger partial charge in [0.2, 0.25) is 0 Å². The number of hydrogen-bond donors (Lipinski definition) is 0. The average Bonchev–Trinajstić information content (AvgIpc) is 2.94. The van der Waals surface area contributed by atoms with E-state index in [2.05, 4.69) is 76.0 Å². The van der Waals surface area contributed by atoms with Crippen LogP contribution >= 0.6 is 0 Å². The summed E-state index contributed by atoms with van der Waals surface area (Å²) in [6, 6.07) is 19.2. The lowest BCUT2D eigenvalue weighted by Gasteiger charge is -2.25. The Hall–Kier alpha value is -2.55. The predicted molar refractivity (Wildman–Crippen MR) is 90.7 cm³/mol. The van der Waals surface area contributed by atoms with Gasteiger partial charge in [0.05, 0.1) is 6.54 Å². The maximum Gasteiger partial charge on any atom is 0.128 e. The van der Waals surface area contributed by atoms with Crippen LogP contribution in [0.3, 0.4) is 0 Å². The molecule has 3 nitrogen and oxygen atoms in total. The van der Waals surface area contributed by atoms with Crippen molar-refractivity contribution in [2.45, 2.75) is 20.0 Å². The van der Waals surface area contributed by atoms with Gasteiger partial charge >= 0.3 is 0 Å². The van der Waals surface area contributed by atoms with E-state index < -0.39 is 0 Å². The fourth-order valence-corrected chi connectivity index (χ4v) is 2.52. The maximum atomic E-state index is 4.46. The quantitative estimate of drug-likeness (QED) is 0.710. The third-order valence-corrected chi connectivity index (χ3v) is 3.87. The molecule has 0 unspecified atom stereocenters. The maximum absolute atomic E-state index is 4.46. The minimum absolute atomic E-state index is 0.793. The molecule has 2 aromatic carbocycles. The standard InChI is InChI=1S/C19H21N3/c1-16-8-10-18(11-9-16)22(14-17-6-4-3-5-7-17)15-19-20-12-13-21(19)2/h3-13H,14-15H2,1-2H3. The molecule has 0 aliphatic carbocycles. The topological polar surface area (TPSA) is 21.1 Å². The van der Waals surface area contributed by atoms with Gasteiger partial charge in [-0.3, -0.25) is 0 Å². The van der Waals surface area contributed by atoms with Crippen molar-refractivity contribution >= 4 is 5.69 Å². The first-order valence-corrected chi connectivity index (χ1v) is 7.54. The van der Waals surface area contributed by atoms with Crippen molar-refractivity contribution in [2.24, 2.45) is 7.05 Å². The van der Waals surface area contributed by atoms with Crippen LogP contribution in [0, 0.1) is 6.92 Å². The van der Waals surface area contributed by atoms with Crippen molar-refractivity contribution in [1.29, 1.82) is 0 Å². The molecule has 112 valence electrons. The van der Waals surface area contributed by atoms with Crippen LogP contribution in [0.1, 0.15) is 17.0 Å². The van der Waals surface area contributed by atoms with Crippen molar-refractivity contribution in [3.63, 3.8) is 0 Å². The Kier molecular flexibility index (Phi) is 4.24. The monoisotopic (exact) mass is 291 g/mol. The highest BCUT2D eigenvalue weighted by atomic mass is 15.2. The second kappa shape index (κ2) is 6.48. The van der Waals surface area contributed by atoms with E-state index in [1.165, 1.54) is 16.8 Å². The zero-order valence-corrected chi connectivity index (χ0v) is 13.1. The molecule has 22 heavy (non-hydrogen) atoms. The number of aromatic nitrogens is 2. The molecule has 0 aliphatic rings. The molecule has 0 atom stereocenters. The molecular weight excluding hydrogens is 270 g/mol. The fraction of sp³-hybridized carbons (Fsp3) is 0.211. The summed E-state index contributed by atoms with van der Waals surface area (Å²) in [5, 5.41) is 0. The molecule has 0 amide bonds. The smallest absolute Gasteiger partial charge is 0.128 e. The van der Waals surface area contributed by atoms with Gasteiger partial charge in [0, 0.05) is 31.7 Å². The van der Waals surface area contributed by atoms with Gasteiger partial charge < -0.3 is 9.47 Å². The van der Waals surface area contributed by atoms with Gasteiger partial charge in [0.25, 0.3) is 0 Å². The molecule has 0 saturated carbocycles. The second-order valence-electron chi connectivity index (χ2n) is 5.63. The third kappa shape index (κ3) is 3.37. The van der Waals surface area contributed by atoms with Crippen LogP contribution in [0.25, 0.3) is 0 Å². The Balaban J connectivity index is 1.87. The predicted octanol–water partition coefficient (Wildman–Crippen LogP) is 3.94. The van der Waals surface area contributed by atoms with E-state index in [9.17, 15) is 0 Å².